The van der Waals surface area contributed by atoms with Crippen molar-refractivity contribution in [3.05, 3.63) is 46.1 Å². The Labute approximate surface area is 305 Å². The van der Waals surface area contributed by atoms with Crippen LogP contribution in [0.1, 0.15) is 36.8 Å². The minimum atomic E-state index is -1.29. The van der Waals surface area contributed by atoms with Gasteiger partial charge in [-0.1, -0.05) is 5.16 Å². The number of hydrogen-bond acceptors (Lipinski definition) is 14. The molecule has 5 N–H and O–H groups in total. The number of thiazole rings is 1. The minimum Gasteiger partial charge on any atom is -0.504 e. The van der Waals surface area contributed by atoms with Crippen molar-refractivity contribution in [2.24, 2.45) is 5.16 Å². The number of carbonyl (C=O) groups excluding carboxylic acids is 5. The Morgan fingerprint density at radius 2 is 1.87 bits per heavy atom. The number of rotatable bonds is 12. The van der Waals surface area contributed by atoms with Crippen molar-refractivity contribution >= 4 is 70.0 Å². The molecule has 2 fully saturated rings. The van der Waals surface area contributed by atoms with Crippen molar-refractivity contribution in [2.75, 3.05) is 57.4 Å². The second kappa shape index (κ2) is 15.2. The first kappa shape index (κ1) is 38.0. The summed E-state index contributed by atoms with van der Waals surface area (Å²) in [7, 11) is 1.94. The molecule has 3 aliphatic rings. The van der Waals surface area contributed by atoms with E-state index in [-0.39, 0.29) is 39.5 Å². The number of carbonyl (C=O) groups is 6. The molecule has 0 radical (unpaired) electrons. The van der Waals surface area contributed by atoms with E-state index in [1.807, 2.05) is 7.05 Å². The number of fused-ring (bicyclic) bond motifs is 1. The molecule has 5 rings (SSSR count). The van der Waals surface area contributed by atoms with Crippen LogP contribution in [0.15, 0.2) is 40.0 Å². The molecule has 0 spiro atoms. The van der Waals surface area contributed by atoms with Crippen molar-refractivity contribution < 1.29 is 58.1 Å². The van der Waals surface area contributed by atoms with Gasteiger partial charge in [0.15, 0.2) is 22.3 Å². The molecule has 20 heteroatoms. The highest BCUT2D eigenvalue weighted by Crippen LogP contribution is 2.41. The number of aromatic hydroxyl groups is 2. The van der Waals surface area contributed by atoms with Crippen molar-refractivity contribution in [2.45, 2.75) is 37.8 Å². The lowest BCUT2D eigenvalue weighted by Crippen LogP contribution is -2.71. The van der Waals surface area contributed by atoms with E-state index < -0.39 is 58.8 Å². The second-order valence-corrected chi connectivity index (χ2v) is 15.4. The SMILES string of the molecule is CC(C)(C)OC(=O)CON=C(C(=O)N[C@@H]1C(=O)N2C(C(=O)O)=C(C[N+]3(C)CCN(C(=O)c4ccc(O)c(O)c4)CC3)CS[C@H]12)c1csc(NC=O)n1. The average molecular weight is 761 g/mol. The number of thioether (sulfide) groups is 1. The number of esters is 1. The number of aromatic nitrogens is 1. The van der Waals surface area contributed by atoms with Crippen molar-refractivity contribution in [3.63, 3.8) is 0 Å². The van der Waals surface area contributed by atoms with Gasteiger partial charge in [-0.25, -0.2) is 14.6 Å². The van der Waals surface area contributed by atoms with Crippen molar-refractivity contribution in [1.29, 1.82) is 0 Å². The third kappa shape index (κ3) is 8.45. The molecule has 52 heavy (non-hydrogen) atoms. The molecule has 4 amide bonds. The summed E-state index contributed by atoms with van der Waals surface area (Å²) in [6.45, 7) is 6.38. The Bertz CT molecular complexity index is 1850. The third-order valence-corrected chi connectivity index (χ3v) is 10.5. The highest BCUT2D eigenvalue weighted by molar-refractivity contribution is 8.00. The Hall–Kier alpha value is -5.21. The number of β-lactam (4-membered cyclic amide) rings is 1. The highest BCUT2D eigenvalue weighted by atomic mass is 32.2. The zero-order chi connectivity index (χ0) is 38.0. The topological polar surface area (TPSA) is 237 Å². The zero-order valence-corrected chi connectivity index (χ0v) is 30.3. The molecular weight excluding hydrogens is 723 g/mol. The van der Waals surface area contributed by atoms with E-state index in [2.05, 4.69) is 20.8 Å². The van der Waals surface area contributed by atoms with Gasteiger partial charge in [0.05, 0.1) is 33.2 Å². The number of amides is 4. The molecule has 18 nitrogen and oxygen atoms in total. The monoisotopic (exact) mass is 760 g/mol. The van der Waals surface area contributed by atoms with E-state index in [0.717, 1.165) is 16.2 Å². The highest BCUT2D eigenvalue weighted by Gasteiger charge is 2.55. The fraction of sp³-hybridized carbons (Fsp3) is 0.438. The summed E-state index contributed by atoms with van der Waals surface area (Å²) < 4.78 is 5.59. The summed E-state index contributed by atoms with van der Waals surface area (Å²) >= 11 is 2.28. The summed E-state index contributed by atoms with van der Waals surface area (Å²) in [6.07, 6.45) is 0.401. The molecule has 0 saturated carbocycles. The first-order chi connectivity index (χ1) is 24.5. The number of carboxylic acids is 1. The number of nitrogens with zero attached hydrogens (tertiary/aromatic N) is 5. The van der Waals surface area contributed by atoms with Crippen LogP contribution in [0.3, 0.4) is 0 Å². The van der Waals surface area contributed by atoms with Gasteiger partial charge in [-0.05, 0) is 39.0 Å². The van der Waals surface area contributed by atoms with Crippen LogP contribution in [0.2, 0.25) is 0 Å². The number of phenolic OH excluding ortho intramolecular Hbond substituents is 2. The van der Waals surface area contributed by atoms with Crippen LogP contribution in [-0.2, 0) is 33.5 Å². The Kier molecular flexibility index (Phi) is 11.1. The smallest absolute Gasteiger partial charge is 0.352 e. The fourth-order valence-corrected chi connectivity index (χ4v) is 7.84. The summed E-state index contributed by atoms with van der Waals surface area (Å²) in [6, 6.07) is 2.76. The largest absolute Gasteiger partial charge is 0.504 e. The fourth-order valence-electron chi connectivity index (χ4n) is 5.85. The normalized spacial score (nSPS) is 20.0. The number of ether oxygens (including phenoxy) is 1. The van der Waals surface area contributed by atoms with Crippen LogP contribution in [0.5, 0.6) is 11.5 Å². The summed E-state index contributed by atoms with van der Waals surface area (Å²) in [5.41, 5.74) is -0.582. The second-order valence-electron chi connectivity index (χ2n) is 13.4. The van der Waals surface area contributed by atoms with Crippen LogP contribution in [0.25, 0.3) is 0 Å². The first-order valence-electron chi connectivity index (χ1n) is 15.9. The van der Waals surface area contributed by atoms with E-state index in [0.29, 0.717) is 49.2 Å². The number of quaternary nitrogens is 1. The molecular formula is C32H38N7O11S2+. The van der Waals surface area contributed by atoms with Crippen molar-refractivity contribution in [3.8, 4) is 11.5 Å². The summed E-state index contributed by atoms with van der Waals surface area (Å²) in [4.78, 5) is 87.6. The molecule has 278 valence electrons. The lowest BCUT2D eigenvalue weighted by atomic mass is 10.0. The van der Waals surface area contributed by atoms with Gasteiger partial charge in [0.1, 0.15) is 35.0 Å². The zero-order valence-electron chi connectivity index (χ0n) is 28.7. The third-order valence-electron chi connectivity index (χ3n) is 8.34. The number of piperazine rings is 1. The molecule has 1 aromatic heterocycles. The number of oxime groups is 1. The number of likely N-dealkylation sites (N-methyl/N-ethyl adjacent to an activating group) is 1. The number of benzene rings is 1. The number of nitrogens with one attached hydrogen (secondary N) is 2. The molecule has 1 aromatic carbocycles. The Morgan fingerprint density at radius 3 is 2.50 bits per heavy atom. The van der Waals surface area contributed by atoms with Crippen LogP contribution in [-0.4, -0.2) is 146 Å². The number of anilines is 1. The Morgan fingerprint density at radius 1 is 1.15 bits per heavy atom. The van der Waals surface area contributed by atoms with Crippen LogP contribution in [0.4, 0.5) is 5.13 Å². The van der Waals surface area contributed by atoms with Crippen LogP contribution < -0.4 is 10.6 Å². The van der Waals surface area contributed by atoms with Gasteiger partial charge in [-0.3, -0.25) is 24.1 Å². The Balaban J connectivity index is 1.26. The minimum absolute atomic E-state index is 0.00987. The predicted molar refractivity (Wildman–Crippen MR) is 186 cm³/mol. The predicted octanol–water partition coefficient (Wildman–Crippen LogP) is 0.526. The number of hydrogen-bond donors (Lipinski definition) is 5. The van der Waals surface area contributed by atoms with Gasteiger partial charge in [0.25, 0.3) is 17.7 Å². The number of phenols is 2. The quantitative estimate of drug-likeness (QED) is 0.0378. The van der Waals surface area contributed by atoms with E-state index in [1.165, 1.54) is 35.3 Å². The standard InChI is InChI=1S/C32H37N7O11S2/c1-32(2,3)50-22(43)13-49-36-23(19-15-52-31(34-19)33-16-40)26(44)35-24-28(46)38-25(30(47)48)18(14-51-29(24)38)12-39(4)9-7-37(8-10-39)27(45)17-5-6-20(41)21(42)11-17/h5-6,11,15-16,24,29H,7-10,12-14H2,1-4H3,(H4-,33,34,35,36,40,41,42,44,45,47,48)/p+1/t24-,29-/m1/s1. The van der Waals surface area contributed by atoms with Gasteiger partial charge in [-0.15, -0.1) is 23.1 Å². The molecule has 2 aromatic rings. The van der Waals surface area contributed by atoms with Crippen molar-refractivity contribution in [1.82, 2.24) is 20.1 Å². The van der Waals surface area contributed by atoms with Crippen LogP contribution in [0, 0.1) is 0 Å². The molecule has 0 unspecified atom stereocenters. The lowest BCUT2D eigenvalue weighted by molar-refractivity contribution is -0.908. The summed E-state index contributed by atoms with van der Waals surface area (Å²) in [5.74, 6) is -4.34. The van der Waals surface area contributed by atoms with E-state index >= 15 is 0 Å². The molecule has 2 atom stereocenters. The van der Waals surface area contributed by atoms with Gasteiger partial charge in [0, 0.05) is 22.3 Å². The molecule has 3 aliphatic heterocycles. The van der Waals surface area contributed by atoms with Gasteiger partial charge < -0.3 is 44.9 Å². The van der Waals surface area contributed by atoms with E-state index in [1.54, 1.807) is 25.7 Å². The molecule has 0 aliphatic carbocycles. The van der Waals surface area contributed by atoms with Gasteiger partial charge in [-0.2, -0.15) is 0 Å². The lowest BCUT2D eigenvalue weighted by Gasteiger charge is -2.50. The average Bonchev–Trinajstić information content (AvgIpc) is 3.53. The molecule has 2 saturated heterocycles. The van der Waals surface area contributed by atoms with E-state index in [9.17, 15) is 44.1 Å². The maximum absolute atomic E-state index is 13.5. The van der Waals surface area contributed by atoms with Crippen LogP contribution >= 0.6 is 23.1 Å². The number of carboxylic acid groups (broad SMARTS) is 1. The summed E-state index contributed by atoms with van der Waals surface area (Å²) in [5, 5.41) is 39.2. The van der Waals surface area contributed by atoms with E-state index in [4.69, 9.17) is 9.57 Å². The maximum Gasteiger partial charge on any atom is 0.352 e. The first-order valence-corrected chi connectivity index (χ1v) is 17.9. The molecule has 0 bridgehead atoms. The van der Waals surface area contributed by atoms with Gasteiger partial charge >= 0.3 is 11.9 Å². The molecule has 4 heterocycles. The maximum atomic E-state index is 13.5. The number of aliphatic carboxylic acids is 1. The van der Waals surface area contributed by atoms with Gasteiger partial charge in [0.2, 0.25) is 13.0 Å².